The fraction of sp³-hybridized carbons (Fsp3) is 0.324. The standard InChI is InChI=1S/C37H32ClFIN3O8/c1-51-28-16-18(15-27(40)32(28)46)31-23-12-13-24-30(35(49)42(33(24)47)14-2-3-29(44)45)25(23)17-26-34(48)43(41-22-10-8-21(39)9-11-22)36(50)37(26,31)19-4-6-20(38)7-5-19/h4-12,15-16,24-26,30-31,41,46H,2-3,13-14,17H2,1H3,(H,44,45). The van der Waals surface area contributed by atoms with Crippen molar-refractivity contribution in [3.63, 3.8) is 0 Å². The lowest BCUT2D eigenvalue weighted by molar-refractivity contribution is -0.142. The van der Waals surface area contributed by atoms with Gasteiger partial charge in [-0.05, 0) is 107 Å². The number of hydrazine groups is 1. The minimum atomic E-state index is -1.60. The first-order valence-electron chi connectivity index (χ1n) is 16.4. The zero-order valence-corrected chi connectivity index (χ0v) is 30.1. The number of hydrogen-bond acceptors (Lipinski definition) is 8. The summed E-state index contributed by atoms with van der Waals surface area (Å²) in [5.74, 6) is -7.58. The van der Waals surface area contributed by atoms with Crippen LogP contribution < -0.4 is 10.2 Å². The maximum absolute atomic E-state index is 15.2. The number of carboxylic acid groups (broad SMARTS) is 1. The van der Waals surface area contributed by atoms with E-state index in [2.05, 4.69) is 5.43 Å². The summed E-state index contributed by atoms with van der Waals surface area (Å²) < 4.78 is 19.8. The molecule has 1 saturated carbocycles. The van der Waals surface area contributed by atoms with Gasteiger partial charge in [0.2, 0.25) is 11.8 Å². The Balaban J connectivity index is 1.43. The Labute approximate surface area is 310 Å². The van der Waals surface area contributed by atoms with E-state index in [0.717, 1.165) is 9.91 Å². The molecule has 3 fully saturated rings. The lowest BCUT2D eigenvalue weighted by atomic mass is 9.49. The summed E-state index contributed by atoms with van der Waals surface area (Å²) in [7, 11) is 1.40. The molecule has 3 aromatic carbocycles. The highest BCUT2D eigenvalue weighted by Crippen LogP contribution is 2.64. The number of carbonyl (C=O) groups is 5. The molecule has 2 heterocycles. The van der Waals surface area contributed by atoms with Crippen molar-refractivity contribution in [3.8, 4) is 11.5 Å². The summed E-state index contributed by atoms with van der Waals surface area (Å²) in [4.78, 5) is 70.1. The largest absolute Gasteiger partial charge is 0.504 e. The second kappa shape index (κ2) is 13.2. The third-order valence-corrected chi connectivity index (χ3v) is 11.8. The van der Waals surface area contributed by atoms with Gasteiger partial charge in [0.25, 0.3) is 11.8 Å². The Kier molecular flexibility index (Phi) is 9.07. The van der Waals surface area contributed by atoms with E-state index in [-0.39, 0.29) is 49.6 Å². The summed E-state index contributed by atoms with van der Waals surface area (Å²) >= 11 is 8.30. The van der Waals surface area contributed by atoms with Crippen molar-refractivity contribution in [1.29, 1.82) is 0 Å². The molecule has 264 valence electrons. The molecule has 2 saturated heterocycles. The molecule has 2 aliphatic carbocycles. The summed E-state index contributed by atoms with van der Waals surface area (Å²) in [6.07, 6.45) is 2.04. The Bertz CT molecular complexity index is 2010. The number of aromatic hydroxyl groups is 1. The van der Waals surface area contributed by atoms with E-state index in [1.807, 2.05) is 28.7 Å². The highest BCUT2D eigenvalue weighted by Gasteiger charge is 2.70. The average Bonchev–Trinajstić information content (AvgIpc) is 3.47. The van der Waals surface area contributed by atoms with Gasteiger partial charge in [0.05, 0.1) is 39.5 Å². The normalized spacial score (nSPS) is 26.8. The van der Waals surface area contributed by atoms with Crippen LogP contribution in [0.3, 0.4) is 0 Å². The number of aliphatic carboxylic acids is 1. The fourth-order valence-corrected chi connectivity index (χ4v) is 9.37. The number of nitrogens with zero attached hydrogens (tertiary/aromatic N) is 2. The van der Waals surface area contributed by atoms with Crippen molar-refractivity contribution in [1.82, 2.24) is 9.91 Å². The van der Waals surface area contributed by atoms with Crippen molar-refractivity contribution in [2.75, 3.05) is 19.1 Å². The fourth-order valence-electron chi connectivity index (χ4n) is 8.62. The number of hydrogen-bond donors (Lipinski definition) is 3. The molecule has 0 radical (unpaired) electrons. The van der Waals surface area contributed by atoms with Crippen molar-refractivity contribution >= 4 is 69.5 Å². The van der Waals surface area contributed by atoms with Gasteiger partial charge in [-0.2, -0.15) is 5.01 Å². The number of ether oxygens (including phenoxy) is 1. The summed E-state index contributed by atoms with van der Waals surface area (Å²) in [6, 6.07) is 15.3. The van der Waals surface area contributed by atoms with Crippen LogP contribution in [0.15, 0.2) is 72.3 Å². The highest BCUT2D eigenvalue weighted by molar-refractivity contribution is 14.1. The first-order chi connectivity index (χ1) is 24.4. The molecule has 3 aromatic rings. The van der Waals surface area contributed by atoms with Crippen molar-refractivity contribution in [2.24, 2.45) is 23.7 Å². The lowest BCUT2D eigenvalue weighted by Crippen LogP contribution is -2.53. The van der Waals surface area contributed by atoms with Crippen LogP contribution in [-0.2, 0) is 29.4 Å². The molecule has 6 unspecified atom stereocenters. The SMILES string of the molecule is COc1cc(C2C3=CCC4C(=O)N(CCCC(=O)O)C(=O)C4C3CC3C(=O)N(Nc4ccc(F)cc4)C(=O)C32c2ccc(Cl)cc2)cc(I)c1O. The van der Waals surface area contributed by atoms with Crippen molar-refractivity contribution in [2.45, 2.75) is 37.0 Å². The molecular formula is C37H32ClFIN3O8. The Morgan fingerprint density at radius 2 is 1.75 bits per heavy atom. The number of amides is 4. The number of methoxy groups -OCH3 is 1. The Morgan fingerprint density at radius 1 is 1.04 bits per heavy atom. The summed E-state index contributed by atoms with van der Waals surface area (Å²) in [5, 5.41) is 21.4. The van der Waals surface area contributed by atoms with E-state index >= 15 is 4.79 Å². The van der Waals surface area contributed by atoms with Crippen LogP contribution in [0.4, 0.5) is 10.1 Å². The minimum absolute atomic E-state index is 0.0409. The highest BCUT2D eigenvalue weighted by atomic mass is 127. The van der Waals surface area contributed by atoms with Gasteiger partial charge in [0.1, 0.15) is 5.82 Å². The van der Waals surface area contributed by atoms with E-state index in [0.29, 0.717) is 31.0 Å². The van der Waals surface area contributed by atoms with Crippen molar-refractivity contribution < 1.29 is 43.3 Å². The molecule has 4 amide bonds. The maximum atomic E-state index is 15.2. The molecule has 51 heavy (non-hydrogen) atoms. The maximum Gasteiger partial charge on any atom is 0.303 e. The number of phenols is 1. The number of nitrogens with one attached hydrogen (secondary N) is 1. The Morgan fingerprint density at radius 3 is 2.41 bits per heavy atom. The van der Waals surface area contributed by atoms with Crippen LogP contribution in [0.5, 0.6) is 11.5 Å². The third kappa shape index (κ3) is 5.55. The number of rotatable bonds is 9. The van der Waals surface area contributed by atoms with Gasteiger partial charge in [-0.25, -0.2) is 4.39 Å². The number of phenolic OH excluding ortho intramolecular Hbond substituents is 1. The molecule has 0 aromatic heterocycles. The summed E-state index contributed by atoms with van der Waals surface area (Å²) in [6.45, 7) is -0.0409. The van der Waals surface area contributed by atoms with Crippen LogP contribution >= 0.6 is 34.2 Å². The number of carboxylic acids is 1. The second-order valence-electron chi connectivity index (χ2n) is 13.3. The van der Waals surface area contributed by atoms with Gasteiger partial charge in [0, 0.05) is 23.9 Å². The van der Waals surface area contributed by atoms with Gasteiger partial charge in [0.15, 0.2) is 11.5 Å². The van der Waals surface area contributed by atoms with Crippen LogP contribution in [0, 0.1) is 33.1 Å². The Hall–Kier alpha value is -4.50. The molecular weight excluding hydrogens is 796 g/mol. The molecule has 14 heteroatoms. The van der Waals surface area contributed by atoms with Crippen LogP contribution in [0.25, 0.3) is 0 Å². The van der Waals surface area contributed by atoms with Crippen LogP contribution in [0.1, 0.15) is 42.7 Å². The van der Waals surface area contributed by atoms with E-state index in [4.69, 9.17) is 16.3 Å². The van der Waals surface area contributed by atoms with Crippen molar-refractivity contribution in [3.05, 3.63) is 97.8 Å². The zero-order valence-electron chi connectivity index (χ0n) is 27.1. The summed E-state index contributed by atoms with van der Waals surface area (Å²) in [5.41, 5.74) is 3.35. The topological polar surface area (TPSA) is 154 Å². The van der Waals surface area contributed by atoms with Gasteiger partial charge in [-0.3, -0.25) is 34.3 Å². The van der Waals surface area contributed by atoms with E-state index in [1.165, 1.54) is 31.4 Å². The molecule has 4 aliphatic rings. The molecule has 7 rings (SSSR count). The monoisotopic (exact) mass is 827 g/mol. The second-order valence-corrected chi connectivity index (χ2v) is 14.9. The van der Waals surface area contributed by atoms with E-state index < -0.39 is 64.5 Å². The smallest absolute Gasteiger partial charge is 0.303 e. The molecule has 0 spiro atoms. The first-order valence-corrected chi connectivity index (χ1v) is 17.8. The van der Waals surface area contributed by atoms with Gasteiger partial charge in [-0.15, -0.1) is 0 Å². The number of likely N-dealkylation sites (tertiary alicyclic amines) is 1. The van der Waals surface area contributed by atoms with E-state index in [1.54, 1.807) is 36.4 Å². The minimum Gasteiger partial charge on any atom is -0.504 e. The molecule has 11 nitrogen and oxygen atoms in total. The van der Waals surface area contributed by atoms with Gasteiger partial charge in [-0.1, -0.05) is 35.4 Å². The number of allylic oxidation sites excluding steroid dienone is 2. The quantitative estimate of drug-likeness (QED) is 0.141. The van der Waals surface area contributed by atoms with Crippen LogP contribution in [-0.4, -0.2) is 63.4 Å². The van der Waals surface area contributed by atoms with Gasteiger partial charge >= 0.3 is 5.97 Å². The van der Waals surface area contributed by atoms with Crippen LogP contribution in [0.2, 0.25) is 5.02 Å². The number of anilines is 1. The number of imide groups is 2. The average molecular weight is 828 g/mol. The molecule has 2 aliphatic heterocycles. The zero-order chi connectivity index (χ0) is 36.4. The van der Waals surface area contributed by atoms with Gasteiger partial charge < -0.3 is 14.9 Å². The molecule has 6 atom stereocenters. The molecule has 0 bridgehead atoms. The number of carbonyl (C=O) groups excluding carboxylic acids is 4. The third-order valence-electron chi connectivity index (χ3n) is 10.7. The molecule has 3 N–H and O–H groups in total. The predicted molar refractivity (Wildman–Crippen MR) is 190 cm³/mol. The number of fused-ring (bicyclic) bond motifs is 4. The first kappa shape index (κ1) is 34.9. The predicted octanol–water partition coefficient (Wildman–Crippen LogP) is 5.65. The number of halogens is 3. The van der Waals surface area contributed by atoms with E-state index in [9.17, 15) is 33.8 Å². The lowest BCUT2D eigenvalue weighted by Gasteiger charge is -2.50. The number of benzene rings is 3.